The topological polar surface area (TPSA) is 85.1 Å². The largest absolute Gasteiger partial charge is 0.633 e. The minimum absolute atomic E-state index is 0.120. The summed E-state index contributed by atoms with van der Waals surface area (Å²) in [6, 6.07) is 6.00. The van der Waals surface area contributed by atoms with Crippen LogP contribution >= 0.6 is 11.6 Å². The van der Waals surface area contributed by atoms with Crippen molar-refractivity contribution in [1.29, 1.82) is 0 Å². The maximum absolute atomic E-state index is 12.9. The van der Waals surface area contributed by atoms with Gasteiger partial charge in [0.25, 0.3) is 0 Å². The van der Waals surface area contributed by atoms with E-state index in [4.69, 9.17) is 11.6 Å². The molecule has 1 saturated heterocycles. The number of hydroxylamine groups is 2. The number of carbonyl (C=O) groups excluding carboxylic acids is 1. The van der Waals surface area contributed by atoms with Gasteiger partial charge in [0.2, 0.25) is 5.91 Å². The lowest BCUT2D eigenvalue weighted by atomic mass is 9.68. The van der Waals surface area contributed by atoms with Crippen molar-refractivity contribution in [1.82, 2.24) is 4.90 Å². The Morgan fingerprint density at radius 1 is 1.41 bits per heavy atom. The summed E-state index contributed by atoms with van der Waals surface area (Å²) in [5.74, 6) is -1.33. The summed E-state index contributed by atoms with van der Waals surface area (Å²) in [5.41, 5.74) is 1.01. The number of hydrogen-bond donors (Lipinski definition) is 2. The summed E-state index contributed by atoms with van der Waals surface area (Å²) in [4.78, 5) is 26.0. The SMILES string of the molecule is C[C@H](C1=CC=CCC1)[NH+]([O-])CN1C(=O)[C@](C)(CCc2ccc(Cl)cc2)[C@H]1C(=O)O. The van der Waals surface area contributed by atoms with Crippen LogP contribution in [0.4, 0.5) is 0 Å². The smallest absolute Gasteiger partial charge is 0.327 e. The predicted molar refractivity (Wildman–Crippen MR) is 111 cm³/mol. The number of carboxylic acids is 1. The predicted octanol–water partition coefficient (Wildman–Crippen LogP) is 2.58. The molecule has 0 saturated carbocycles. The standard InChI is InChI=1S/C22H27ClN2O4/c1-15(17-6-4-3-5-7-17)25(29)14-24-19(20(26)27)22(2,21(24)28)13-12-16-8-10-18(23)11-9-16/h3-4,6,8-11,15,19,25H,5,7,12-14H2,1-2H3,(H,26,27)/t15-,19-,22-/m1/s1. The summed E-state index contributed by atoms with van der Waals surface area (Å²) < 4.78 is 0. The van der Waals surface area contributed by atoms with Crippen molar-refractivity contribution in [2.24, 2.45) is 5.41 Å². The molecule has 156 valence electrons. The molecular weight excluding hydrogens is 392 g/mol. The highest BCUT2D eigenvalue weighted by Gasteiger charge is 2.61. The summed E-state index contributed by atoms with van der Waals surface area (Å²) in [6.45, 7) is 3.35. The molecule has 1 aromatic carbocycles. The zero-order valence-corrected chi connectivity index (χ0v) is 17.5. The first kappa shape index (κ1) is 21.6. The van der Waals surface area contributed by atoms with E-state index in [0.717, 1.165) is 24.0 Å². The molecule has 6 nitrogen and oxygen atoms in total. The van der Waals surface area contributed by atoms with E-state index in [2.05, 4.69) is 0 Å². The van der Waals surface area contributed by atoms with E-state index < -0.39 is 17.4 Å². The number of quaternary nitrogens is 1. The lowest BCUT2D eigenvalue weighted by molar-refractivity contribution is -0.878. The highest BCUT2D eigenvalue weighted by Crippen LogP contribution is 2.42. The third kappa shape index (κ3) is 4.39. The second kappa shape index (κ2) is 8.69. The summed E-state index contributed by atoms with van der Waals surface area (Å²) in [7, 11) is 0. The van der Waals surface area contributed by atoms with Crippen LogP contribution in [-0.4, -0.2) is 40.6 Å². The molecule has 1 heterocycles. The van der Waals surface area contributed by atoms with E-state index >= 15 is 0 Å². The van der Waals surface area contributed by atoms with Gasteiger partial charge in [0.1, 0.15) is 12.1 Å². The van der Waals surface area contributed by atoms with Crippen LogP contribution in [0.1, 0.15) is 38.7 Å². The highest BCUT2D eigenvalue weighted by atomic mass is 35.5. The first-order valence-electron chi connectivity index (χ1n) is 9.90. The van der Waals surface area contributed by atoms with Crippen molar-refractivity contribution >= 4 is 23.5 Å². The number of carbonyl (C=O) groups is 2. The number of aliphatic carboxylic acids is 1. The average Bonchev–Trinajstić information content (AvgIpc) is 2.72. The quantitative estimate of drug-likeness (QED) is 0.502. The minimum atomic E-state index is -1.07. The molecule has 1 unspecified atom stereocenters. The lowest BCUT2D eigenvalue weighted by Crippen LogP contribution is -3.13. The van der Waals surface area contributed by atoms with Crippen LogP contribution in [0, 0.1) is 10.6 Å². The molecule has 0 bridgehead atoms. The number of β-lactam (4-membered cyclic amide) rings is 1. The van der Waals surface area contributed by atoms with Gasteiger partial charge >= 0.3 is 5.97 Å². The summed E-state index contributed by atoms with van der Waals surface area (Å²) in [6.07, 6.45) is 8.61. The molecule has 1 amide bonds. The number of halogens is 1. The van der Waals surface area contributed by atoms with Crippen molar-refractivity contribution < 1.29 is 19.8 Å². The van der Waals surface area contributed by atoms with E-state index in [0.29, 0.717) is 17.9 Å². The van der Waals surface area contributed by atoms with Crippen molar-refractivity contribution in [2.45, 2.75) is 51.6 Å². The van der Waals surface area contributed by atoms with Crippen molar-refractivity contribution in [3.63, 3.8) is 0 Å². The molecule has 0 aromatic heterocycles. The molecule has 2 N–H and O–H groups in total. The van der Waals surface area contributed by atoms with Gasteiger partial charge in [-0.2, -0.15) is 0 Å². The fraction of sp³-hybridized carbons (Fsp3) is 0.455. The summed E-state index contributed by atoms with van der Waals surface area (Å²) >= 11 is 5.90. The second-order valence-corrected chi connectivity index (χ2v) is 8.55. The van der Waals surface area contributed by atoms with E-state index in [-0.39, 0.29) is 23.7 Å². The van der Waals surface area contributed by atoms with Gasteiger partial charge in [0.05, 0.1) is 5.41 Å². The zero-order chi connectivity index (χ0) is 21.2. The molecule has 1 aliphatic carbocycles. The van der Waals surface area contributed by atoms with Gasteiger partial charge in [-0.3, -0.25) is 9.69 Å². The molecule has 1 fully saturated rings. The Kier molecular flexibility index (Phi) is 6.46. The number of benzene rings is 1. The first-order valence-corrected chi connectivity index (χ1v) is 10.3. The fourth-order valence-electron chi connectivity index (χ4n) is 4.20. The fourth-order valence-corrected chi connectivity index (χ4v) is 4.33. The van der Waals surface area contributed by atoms with Crippen LogP contribution in [0.25, 0.3) is 0 Å². The Hall–Kier alpha value is -2.15. The lowest BCUT2D eigenvalue weighted by Gasteiger charge is -2.53. The van der Waals surface area contributed by atoms with Crippen LogP contribution < -0.4 is 5.06 Å². The highest BCUT2D eigenvalue weighted by molar-refractivity contribution is 6.30. The van der Waals surface area contributed by atoms with E-state index in [1.165, 1.54) is 4.90 Å². The van der Waals surface area contributed by atoms with E-state index in [1.807, 2.05) is 37.3 Å². The second-order valence-electron chi connectivity index (χ2n) is 8.11. The number of nitrogens with zero attached hydrogens (tertiary/aromatic N) is 1. The Balaban J connectivity index is 1.66. The van der Waals surface area contributed by atoms with Crippen LogP contribution in [0.5, 0.6) is 0 Å². The molecule has 1 aromatic rings. The first-order chi connectivity index (χ1) is 13.7. The van der Waals surface area contributed by atoms with Gasteiger partial charge < -0.3 is 15.4 Å². The van der Waals surface area contributed by atoms with Crippen molar-refractivity contribution in [3.8, 4) is 0 Å². The molecular formula is C22H27ClN2O4. The Labute approximate surface area is 176 Å². The monoisotopic (exact) mass is 418 g/mol. The van der Waals surface area contributed by atoms with Crippen LogP contribution in [-0.2, 0) is 16.0 Å². The maximum Gasteiger partial charge on any atom is 0.327 e. The Morgan fingerprint density at radius 3 is 2.69 bits per heavy atom. The third-order valence-electron chi connectivity index (χ3n) is 6.16. The van der Waals surface area contributed by atoms with Gasteiger partial charge in [-0.05, 0) is 62.8 Å². The number of nitrogens with one attached hydrogen (secondary N) is 1. The number of rotatable bonds is 8. The van der Waals surface area contributed by atoms with Crippen LogP contribution in [0.3, 0.4) is 0 Å². The molecule has 1 aliphatic heterocycles. The average molecular weight is 419 g/mol. The molecule has 0 spiro atoms. The Bertz CT molecular complexity index is 836. The Morgan fingerprint density at radius 2 is 2.10 bits per heavy atom. The molecule has 0 radical (unpaired) electrons. The zero-order valence-electron chi connectivity index (χ0n) is 16.7. The number of likely N-dealkylation sites (tertiary alicyclic amines) is 1. The minimum Gasteiger partial charge on any atom is -0.633 e. The van der Waals surface area contributed by atoms with Crippen molar-refractivity contribution in [2.75, 3.05) is 6.67 Å². The molecule has 29 heavy (non-hydrogen) atoms. The molecule has 2 aliphatic rings. The number of allylic oxidation sites excluding steroid dienone is 3. The number of amides is 1. The van der Waals surface area contributed by atoms with Gasteiger partial charge in [0, 0.05) is 5.02 Å². The molecule has 4 atom stereocenters. The van der Waals surface area contributed by atoms with Gasteiger partial charge in [-0.1, -0.05) is 42.0 Å². The number of carboxylic acid groups (broad SMARTS) is 1. The maximum atomic E-state index is 12.9. The molecule has 7 heteroatoms. The van der Waals surface area contributed by atoms with Gasteiger partial charge in [-0.25, -0.2) is 4.79 Å². The third-order valence-corrected chi connectivity index (χ3v) is 6.41. The number of aryl methyl sites for hydroxylation is 1. The normalized spacial score (nSPS) is 25.9. The van der Waals surface area contributed by atoms with E-state index in [1.54, 1.807) is 19.1 Å². The van der Waals surface area contributed by atoms with Crippen LogP contribution in [0.2, 0.25) is 5.02 Å². The van der Waals surface area contributed by atoms with Crippen LogP contribution in [0.15, 0.2) is 48.1 Å². The molecule has 3 rings (SSSR count). The van der Waals surface area contributed by atoms with Crippen molar-refractivity contribution in [3.05, 3.63) is 63.9 Å². The van der Waals surface area contributed by atoms with E-state index in [9.17, 15) is 19.9 Å². The van der Waals surface area contributed by atoms with Gasteiger partial charge in [-0.15, -0.1) is 0 Å². The summed E-state index contributed by atoms with van der Waals surface area (Å²) in [5, 5.41) is 23.0. The van der Waals surface area contributed by atoms with Gasteiger partial charge in [0.15, 0.2) is 6.67 Å². The number of hydrogen-bond acceptors (Lipinski definition) is 3.